The molecule has 0 amide bonds. The summed E-state index contributed by atoms with van der Waals surface area (Å²) in [6, 6.07) is 12.5. The molecule has 0 fully saturated rings. The third kappa shape index (κ3) is 5.18. The lowest BCUT2D eigenvalue weighted by Crippen LogP contribution is -1.96. The molecule has 0 N–H and O–H groups in total. The Morgan fingerprint density at radius 3 is 2.27 bits per heavy atom. The number of aryl methyl sites for hydroxylation is 1. The van der Waals surface area contributed by atoms with Crippen LogP contribution in [0.5, 0.6) is 5.75 Å². The van der Waals surface area contributed by atoms with E-state index in [0.717, 1.165) is 42.9 Å². The first-order chi connectivity index (χ1) is 10.8. The van der Waals surface area contributed by atoms with Gasteiger partial charge in [-0.3, -0.25) is 4.98 Å². The molecule has 0 radical (unpaired) electrons. The molecule has 0 aliphatic rings. The van der Waals surface area contributed by atoms with Gasteiger partial charge in [-0.05, 0) is 55.2 Å². The molecule has 2 aromatic rings. The van der Waals surface area contributed by atoms with E-state index in [9.17, 15) is 0 Å². The van der Waals surface area contributed by atoms with Crippen molar-refractivity contribution in [2.45, 2.75) is 52.4 Å². The van der Waals surface area contributed by atoms with E-state index in [0.29, 0.717) is 0 Å². The van der Waals surface area contributed by atoms with Crippen LogP contribution in [0.3, 0.4) is 0 Å². The van der Waals surface area contributed by atoms with Crippen LogP contribution >= 0.6 is 0 Å². The Morgan fingerprint density at radius 1 is 0.864 bits per heavy atom. The van der Waals surface area contributed by atoms with Crippen molar-refractivity contribution >= 4 is 0 Å². The first-order valence-electron chi connectivity index (χ1n) is 8.51. The first kappa shape index (κ1) is 16.5. The molecule has 0 spiro atoms. The molecule has 0 bridgehead atoms. The summed E-state index contributed by atoms with van der Waals surface area (Å²) in [5.41, 5.74) is 3.50. The minimum Gasteiger partial charge on any atom is -0.494 e. The Labute approximate surface area is 134 Å². The van der Waals surface area contributed by atoms with Gasteiger partial charge in [-0.1, -0.05) is 39.2 Å². The second-order valence-electron chi connectivity index (χ2n) is 5.74. The van der Waals surface area contributed by atoms with Gasteiger partial charge in [0.1, 0.15) is 5.75 Å². The minimum atomic E-state index is 0.792. The zero-order chi connectivity index (χ0) is 15.6. The maximum Gasteiger partial charge on any atom is 0.119 e. The number of ether oxygens (including phenoxy) is 1. The van der Waals surface area contributed by atoms with Crippen LogP contribution in [0.25, 0.3) is 11.3 Å². The number of hydrogen-bond acceptors (Lipinski definition) is 2. The van der Waals surface area contributed by atoms with Crippen LogP contribution in [-0.4, -0.2) is 11.6 Å². The van der Waals surface area contributed by atoms with Crippen molar-refractivity contribution in [2.24, 2.45) is 0 Å². The zero-order valence-corrected chi connectivity index (χ0v) is 13.8. The Morgan fingerprint density at radius 2 is 1.64 bits per heavy atom. The Balaban J connectivity index is 1.93. The number of benzene rings is 1. The molecule has 2 heteroatoms. The predicted molar refractivity (Wildman–Crippen MR) is 93.3 cm³/mol. The Bertz CT molecular complexity index is 479. The van der Waals surface area contributed by atoms with E-state index in [4.69, 9.17) is 4.74 Å². The first-order valence-corrected chi connectivity index (χ1v) is 8.51. The smallest absolute Gasteiger partial charge is 0.119 e. The number of hydrogen-bond donors (Lipinski definition) is 0. The molecule has 0 atom stereocenters. The van der Waals surface area contributed by atoms with Gasteiger partial charge in [-0.15, -0.1) is 0 Å². The molecule has 0 aliphatic heterocycles. The van der Waals surface area contributed by atoms with Gasteiger partial charge in [0.05, 0.1) is 12.3 Å². The Kier molecular flexibility index (Phi) is 6.95. The molecule has 1 aromatic carbocycles. The average molecular weight is 297 g/mol. The van der Waals surface area contributed by atoms with Crippen molar-refractivity contribution < 1.29 is 4.74 Å². The number of nitrogens with zero attached hydrogens (tertiary/aromatic N) is 1. The highest BCUT2D eigenvalue weighted by atomic mass is 16.5. The molecule has 0 aliphatic carbocycles. The summed E-state index contributed by atoms with van der Waals surface area (Å²) in [7, 11) is 0. The van der Waals surface area contributed by atoms with Gasteiger partial charge in [0.2, 0.25) is 0 Å². The molecular weight excluding hydrogens is 270 g/mol. The quantitative estimate of drug-likeness (QED) is 0.557. The predicted octanol–water partition coefficient (Wildman–Crippen LogP) is 5.66. The van der Waals surface area contributed by atoms with Crippen molar-refractivity contribution in [1.82, 2.24) is 4.98 Å². The van der Waals surface area contributed by atoms with Gasteiger partial charge in [-0.25, -0.2) is 0 Å². The highest BCUT2D eigenvalue weighted by Gasteiger charge is 2.01. The molecule has 0 unspecified atom stereocenters. The largest absolute Gasteiger partial charge is 0.494 e. The SMILES string of the molecule is CCCCCc1ccc(-c2ccc(OCCCC)cc2)nc1. The summed E-state index contributed by atoms with van der Waals surface area (Å²) in [5, 5.41) is 0. The van der Waals surface area contributed by atoms with E-state index >= 15 is 0 Å². The van der Waals surface area contributed by atoms with Crippen LogP contribution in [0.1, 0.15) is 51.5 Å². The van der Waals surface area contributed by atoms with Crippen LogP contribution < -0.4 is 4.74 Å². The third-order valence-electron chi connectivity index (χ3n) is 3.81. The molecule has 118 valence electrons. The summed E-state index contributed by atoms with van der Waals surface area (Å²) in [6.45, 7) is 5.20. The van der Waals surface area contributed by atoms with Crippen molar-refractivity contribution in [3.05, 3.63) is 48.2 Å². The lowest BCUT2D eigenvalue weighted by molar-refractivity contribution is 0.309. The fourth-order valence-electron chi connectivity index (χ4n) is 2.38. The van der Waals surface area contributed by atoms with Gasteiger partial charge < -0.3 is 4.74 Å². The van der Waals surface area contributed by atoms with Crippen molar-refractivity contribution in [2.75, 3.05) is 6.61 Å². The van der Waals surface area contributed by atoms with Crippen LogP contribution in [-0.2, 0) is 6.42 Å². The van der Waals surface area contributed by atoms with Crippen molar-refractivity contribution in [3.63, 3.8) is 0 Å². The second-order valence-corrected chi connectivity index (χ2v) is 5.74. The van der Waals surface area contributed by atoms with Gasteiger partial charge in [0.25, 0.3) is 0 Å². The molecule has 0 saturated heterocycles. The second kappa shape index (κ2) is 9.24. The van der Waals surface area contributed by atoms with Crippen molar-refractivity contribution in [3.8, 4) is 17.0 Å². The van der Waals surface area contributed by atoms with Crippen LogP contribution in [0, 0.1) is 0 Å². The fourth-order valence-corrected chi connectivity index (χ4v) is 2.38. The maximum absolute atomic E-state index is 5.69. The molecule has 1 heterocycles. The highest BCUT2D eigenvalue weighted by Crippen LogP contribution is 2.21. The van der Waals surface area contributed by atoms with E-state index in [1.807, 2.05) is 18.3 Å². The van der Waals surface area contributed by atoms with E-state index in [1.54, 1.807) is 0 Å². The topological polar surface area (TPSA) is 22.1 Å². The van der Waals surface area contributed by atoms with Gasteiger partial charge >= 0.3 is 0 Å². The zero-order valence-electron chi connectivity index (χ0n) is 13.8. The number of unbranched alkanes of at least 4 members (excludes halogenated alkanes) is 3. The average Bonchev–Trinajstić information content (AvgIpc) is 2.57. The lowest BCUT2D eigenvalue weighted by Gasteiger charge is -2.07. The Hall–Kier alpha value is -1.83. The maximum atomic E-state index is 5.69. The molecule has 0 saturated carbocycles. The molecule has 1 aromatic heterocycles. The summed E-state index contributed by atoms with van der Waals surface area (Å²) in [4.78, 5) is 4.59. The molecule has 2 nitrogen and oxygen atoms in total. The van der Waals surface area contributed by atoms with E-state index < -0.39 is 0 Å². The van der Waals surface area contributed by atoms with E-state index in [2.05, 4.69) is 43.1 Å². The third-order valence-corrected chi connectivity index (χ3v) is 3.81. The summed E-state index contributed by atoms with van der Waals surface area (Å²) in [6.07, 6.45) is 9.21. The summed E-state index contributed by atoms with van der Waals surface area (Å²) >= 11 is 0. The number of pyridine rings is 1. The van der Waals surface area contributed by atoms with Gasteiger partial charge in [0, 0.05) is 11.8 Å². The molecule has 22 heavy (non-hydrogen) atoms. The van der Waals surface area contributed by atoms with Crippen molar-refractivity contribution in [1.29, 1.82) is 0 Å². The van der Waals surface area contributed by atoms with Gasteiger partial charge in [-0.2, -0.15) is 0 Å². The standard InChI is InChI=1S/C20H27NO/c1-3-5-7-8-17-9-14-20(21-16-17)18-10-12-19(13-11-18)22-15-6-4-2/h9-14,16H,3-8,15H2,1-2H3. The summed E-state index contributed by atoms with van der Waals surface area (Å²) in [5.74, 6) is 0.938. The molecular formula is C20H27NO. The monoisotopic (exact) mass is 297 g/mol. The van der Waals surface area contributed by atoms with E-state index in [-0.39, 0.29) is 0 Å². The van der Waals surface area contributed by atoms with Crippen LogP contribution in [0.15, 0.2) is 42.6 Å². The molecule has 2 rings (SSSR count). The van der Waals surface area contributed by atoms with Gasteiger partial charge in [0.15, 0.2) is 0 Å². The summed E-state index contributed by atoms with van der Waals surface area (Å²) < 4.78 is 5.69. The number of rotatable bonds is 9. The minimum absolute atomic E-state index is 0.792. The normalized spacial score (nSPS) is 10.6. The van der Waals surface area contributed by atoms with Crippen LogP contribution in [0.2, 0.25) is 0 Å². The lowest BCUT2D eigenvalue weighted by atomic mass is 10.1. The van der Waals surface area contributed by atoms with Crippen LogP contribution in [0.4, 0.5) is 0 Å². The highest BCUT2D eigenvalue weighted by molar-refractivity contribution is 5.60. The number of aromatic nitrogens is 1. The van der Waals surface area contributed by atoms with E-state index in [1.165, 1.54) is 24.8 Å². The fraction of sp³-hybridized carbons (Fsp3) is 0.450.